The molecule has 2 rings (SSSR count). The van der Waals surface area contributed by atoms with Crippen LogP contribution in [0.3, 0.4) is 0 Å². The Hall–Kier alpha value is -0.390. The van der Waals surface area contributed by atoms with Crippen LogP contribution in [0.25, 0.3) is 0 Å². The van der Waals surface area contributed by atoms with Crippen molar-refractivity contribution in [2.75, 3.05) is 19.7 Å². The normalized spacial score (nSPS) is 19.8. The fraction of sp³-hybridized carbons (Fsp3) is 0.545. The monoisotopic (exact) mass is 303 g/mol. The zero-order valence-electron chi connectivity index (χ0n) is 9.33. The Balaban J connectivity index is 2.14. The highest BCUT2D eigenvalue weighted by Gasteiger charge is 2.31. The van der Waals surface area contributed by atoms with Crippen molar-refractivity contribution in [3.63, 3.8) is 0 Å². The van der Waals surface area contributed by atoms with Gasteiger partial charge >= 0.3 is 0 Å². The Morgan fingerprint density at radius 3 is 2.94 bits per heavy atom. The van der Waals surface area contributed by atoms with Gasteiger partial charge in [0.1, 0.15) is 4.88 Å². The van der Waals surface area contributed by atoms with Gasteiger partial charge in [0.25, 0.3) is 5.91 Å². The number of thiophene rings is 1. The second-order valence-corrected chi connectivity index (χ2v) is 6.20. The van der Waals surface area contributed by atoms with Gasteiger partial charge in [-0.2, -0.15) is 0 Å². The van der Waals surface area contributed by atoms with Crippen molar-refractivity contribution in [1.82, 2.24) is 4.90 Å². The van der Waals surface area contributed by atoms with Crippen molar-refractivity contribution in [2.24, 2.45) is 0 Å². The molecule has 0 unspecified atom stereocenters. The molecule has 2 heterocycles. The maximum absolute atomic E-state index is 12.2. The molecule has 0 bridgehead atoms. The summed E-state index contributed by atoms with van der Waals surface area (Å²) in [5.74, 6) is 0.0956. The van der Waals surface area contributed by atoms with Crippen molar-refractivity contribution >= 4 is 33.2 Å². The summed E-state index contributed by atoms with van der Waals surface area (Å²) in [5, 5.41) is 1.92. The molecular weight excluding hydrogens is 290 g/mol. The summed E-state index contributed by atoms with van der Waals surface area (Å²) in [6.07, 6.45) is 0. The minimum atomic E-state index is -0.238. The van der Waals surface area contributed by atoms with Crippen LogP contribution in [-0.2, 0) is 4.74 Å². The predicted molar refractivity (Wildman–Crippen MR) is 68.0 cm³/mol. The van der Waals surface area contributed by atoms with Crippen LogP contribution in [0.15, 0.2) is 15.9 Å². The van der Waals surface area contributed by atoms with E-state index in [1.807, 2.05) is 30.2 Å². The van der Waals surface area contributed by atoms with Gasteiger partial charge in [0.05, 0.1) is 12.2 Å². The lowest BCUT2D eigenvalue weighted by Gasteiger charge is -2.38. The first-order valence-electron chi connectivity index (χ1n) is 5.16. The molecule has 16 heavy (non-hydrogen) atoms. The molecule has 0 N–H and O–H groups in total. The number of carbonyl (C=O) groups excluding carboxylic acids is 1. The average molecular weight is 304 g/mol. The molecule has 0 aromatic carbocycles. The van der Waals surface area contributed by atoms with Gasteiger partial charge in [-0.05, 0) is 41.2 Å². The lowest BCUT2D eigenvalue weighted by atomic mass is 10.1. The molecule has 1 amide bonds. The molecule has 3 nitrogen and oxygen atoms in total. The average Bonchev–Trinajstić information content (AvgIpc) is 2.62. The standard InChI is InChI=1S/C11H14BrNO2S/c1-11(2)7-13(4-5-15-11)10(14)9-8(12)3-6-16-9/h3,6H,4-5,7H2,1-2H3. The van der Waals surface area contributed by atoms with E-state index in [-0.39, 0.29) is 11.5 Å². The number of halogens is 1. The number of amides is 1. The third-order valence-electron chi connectivity index (χ3n) is 2.52. The van der Waals surface area contributed by atoms with E-state index in [0.29, 0.717) is 19.7 Å². The van der Waals surface area contributed by atoms with E-state index in [0.717, 1.165) is 9.35 Å². The van der Waals surface area contributed by atoms with E-state index in [1.165, 1.54) is 11.3 Å². The summed E-state index contributed by atoms with van der Waals surface area (Å²) >= 11 is 4.87. The minimum absolute atomic E-state index is 0.0956. The highest BCUT2D eigenvalue weighted by atomic mass is 79.9. The first-order chi connectivity index (χ1) is 7.49. The molecule has 1 fully saturated rings. The molecule has 5 heteroatoms. The summed E-state index contributed by atoms with van der Waals surface area (Å²) < 4.78 is 6.47. The first kappa shape index (κ1) is 12.1. The molecule has 0 aliphatic carbocycles. The molecule has 88 valence electrons. The molecular formula is C11H14BrNO2S. The van der Waals surface area contributed by atoms with Crippen LogP contribution in [0.4, 0.5) is 0 Å². The first-order valence-corrected chi connectivity index (χ1v) is 6.83. The number of rotatable bonds is 1. The van der Waals surface area contributed by atoms with Crippen LogP contribution in [0, 0.1) is 0 Å². The highest BCUT2D eigenvalue weighted by molar-refractivity contribution is 9.10. The Kier molecular flexibility index (Phi) is 3.37. The smallest absolute Gasteiger partial charge is 0.265 e. The van der Waals surface area contributed by atoms with Gasteiger partial charge in [0.2, 0.25) is 0 Å². The molecule has 0 spiro atoms. The van der Waals surface area contributed by atoms with E-state index in [1.54, 1.807) is 0 Å². The van der Waals surface area contributed by atoms with Crippen molar-refractivity contribution in [1.29, 1.82) is 0 Å². The summed E-state index contributed by atoms with van der Waals surface area (Å²) in [7, 11) is 0. The zero-order chi connectivity index (χ0) is 11.8. The van der Waals surface area contributed by atoms with E-state index < -0.39 is 0 Å². The van der Waals surface area contributed by atoms with Crippen molar-refractivity contribution in [3.8, 4) is 0 Å². The molecule has 1 aromatic heterocycles. The van der Waals surface area contributed by atoms with Gasteiger partial charge in [0.15, 0.2) is 0 Å². The summed E-state index contributed by atoms with van der Waals surface area (Å²) in [4.78, 5) is 14.9. The minimum Gasteiger partial charge on any atom is -0.372 e. The molecule has 1 saturated heterocycles. The summed E-state index contributed by atoms with van der Waals surface area (Å²) in [6.45, 7) is 5.95. The van der Waals surface area contributed by atoms with Crippen LogP contribution in [0.5, 0.6) is 0 Å². The van der Waals surface area contributed by atoms with Gasteiger partial charge < -0.3 is 9.64 Å². The lowest BCUT2D eigenvalue weighted by molar-refractivity contribution is -0.0763. The van der Waals surface area contributed by atoms with Gasteiger partial charge in [-0.3, -0.25) is 4.79 Å². The number of carbonyl (C=O) groups is 1. The van der Waals surface area contributed by atoms with E-state index in [9.17, 15) is 4.79 Å². The third kappa shape index (κ3) is 2.47. The van der Waals surface area contributed by atoms with Crippen molar-refractivity contribution in [3.05, 3.63) is 20.8 Å². The molecule has 1 aliphatic rings. The maximum Gasteiger partial charge on any atom is 0.265 e. The number of nitrogens with zero attached hydrogens (tertiary/aromatic N) is 1. The predicted octanol–water partition coefficient (Wildman–Crippen LogP) is 2.76. The maximum atomic E-state index is 12.2. The number of hydrogen-bond acceptors (Lipinski definition) is 3. The molecule has 1 aliphatic heterocycles. The van der Waals surface area contributed by atoms with Crippen LogP contribution >= 0.6 is 27.3 Å². The molecule has 0 atom stereocenters. The number of morpholine rings is 1. The fourth-order valence-electron chi connectivity index (χ4n) is 1.78. The fourth-order valence-corrected chi connectivity index (χ4v) is 3.29. The van der Waals surface area contributed by atoms with Crippen molar-refractivity contribution in [2.45, 2.75) is 19.4 Å². The molecule has 1 aromatic rings. The van der Waals surface area contributed by atoms with Crippen LogP contribution in [0.2, 0.25) is 0 Å². The SMILES string of the molecule is CC1(C)CN(C(=O)c2sccc2Br)CCO1. The van der Waals surface area contributed by atoms with Gasteiger partial charge in [-0.1, -0.05) is 0 Å². The quantitative estimate of drug-likeness (QED) is 0.798. The number of hydrogen-bond donors (Lipinski definition) is 0. The van der Waals surface area contributed by atoms with Gasteiger partial charge in [-0.25, -0.2) is 0 Å². The Morgan fingerprint density at radius 1 is 1.62 bits per heavy atom. The third-order valence-corrected chi connectivity index (χ3v) is 4.35. The van der Waals surface area contributed by atoms with Crippen LogP contribution in [-0.4, -0.2) is 36.1 Å². The van der Waals surface area contributed by atoms with Gasteiger partial charge in [-0.15, -0.1) is 11.3 Å². The lowest BCUT2D eigenvalue weighted by Crippen LogP contribution is -2.50. The summed E-state index contributed by atoms with van der Waals surface area (Å²) in [6, 6.07) is 1.91. The zero-order valence-corrected chi connectivity index (χ0v) is 11.7. The second kappa shape index (κ2) is 4.47. The van der Waals surface area contributed by atoms with E-state index in [2.05, 4.69) is 15.9 Å². The second-order valence-electron chi connectivity index (χ2n) is 4.43. The number of ether oxygens (including phenoxy) is 1. The van der Waals surface area contributed by atoms with Crippen LogP contribution < -0.4 is 0 Å². The molecule has 0 radical (unpaired) electrons. The Bertz CT molecular complexity index is 402. The largest absolute Gasteiger partial charge is 0.372 e. The highest BCUT2D eigenvalue weighted by Crippen LogP contribution is 2.26. The van der Waals surface area contributed by atoms with E-state index >= 15 is 0 Å². The van der Waals surface area contributed by atoms with Gasteiger partial charge in [0, 0.05) is 17.6 Å². The Morgan fingerprint density at radius 2 is 2.38 bits per heavy atom. The van der Waals surface area contributed by atoms with E-state index in [4.69, 9.17) is 4.74 Å². The molecule has 0 saturated carbocycles. The topological polar surface area (TPSA) is 29.5 Å². The summed E-state index contributed by atoms with van der Waals surface area (Å²) in [5.41, 5.74) is -0.238. The Labute approximate surface area is 108 Å². The van der Waals surface area contributed by atoms with Crippen LogP contribution in [0.1, 0.15) is 23.5 Å². The van der Waals surface area contributed by atoms with Crippen molar-refractivity contribution < 1.29 is 9.53 Å².